The maximum atomic E-state index is 14.0. The summed E-state index contributed by atoms with van der Waals surface area (Å²) < 4.78 is 14.0. The Labute approximate surface area is 195 Å². The molecule has 0 spiro atoms. The number of rotatable bonds is 5. The molecule has 1 aliphatic heterocycles. The molecule has 4 rings (SSSR count). The van der Waals surface area contributed by atoms with Gasteiger partial charge in [-0.2, -0.15) is 5.26 Å². The minimum Gasteiger partial charge on any atom is -0.476 e. The molecule has 0 amide bonds. The van der Waals surface area contributed by atoms with Gasteiger partial charge in [-0.25, -0.2) is 24.1 Å². The van der Waals surface area contributed by atoms with Gasteiger partial charge in [-0.05, 0) is 44.5 Å². The summed E-state index contributed by atoms with van der Waals surface area (Å²) in [7, 11) is 0. The van der Waals surface area contributed by atoms with Crippen molar-refractivity contribution < 1.29 is 14.3 Å². The summed E-state index contributed by atoms with van der Waals surface area (Å²) in [6, 6.07) is 8.44. The molecule has 10 heteroatoms. The number of carboxylic acid groups (broad SMARTS) is 1. The van der Waals surface area contributed by atoms with Gasteiger partial charge in [-0.3, -0.25) is 0 Å². The second kappa shape index (κ2) is 8.79. The number of aromatic nitrogens is 3. The average Bonchev–Trinajstić information content (AvgIpc) is 3.10. The first kappa shape index (κ1) is 22.7. The second-order valence-corrected chi connectivity index (χ2v) is 8.65. The molecule has 8 nitrogen and oxygen atoms in total. The lowest BCUT2D eigenvalue weighted by Crippen LogP contribution is -2.29. The quantitative estimate of drug-likeness (QED) is 0.519. The van der Waals surface area contributed by atoms with Crippen LogP contribution in [-0.4, -0.2) is 44.8 Å². The number of anilines is 2. The molecular weight excluding hydrogens is 447 g/mol. The normalized spacial score (nSPS) is 18.8. The average molecular weight is 469 g/mol. The van der Waals surface area contributed by atoms with E-state index in [-0.39, 0.29) is 35.2 Å². The third kappa shape index (κ3) is 4.39. The summed E-state index contributed by atoms with van der Waals surface area (Å²) >= 11 is 5.87. The van der Waals surface area contributed by atoms with E-state index in [0.29, 0.717) is 29.0 Å². The Morgan fingerprint density at radius 3 is 2.76 bits per heavy atom. The number of fused-ring (bicyclic) bond motifs is 1. The van der Waals surface area contributed by atoms with E-state index in [0.717, 1.165) is 11.1 Å². The van der Waals surface area contributed by atoms with E-state index in [9.17, 15) is 19.6 Å². The van der Waals surface area contributed by atoms with E-state index in [2.05, 4.69) is 21.4 Å². The molecule has 0 unspecified atom stereocenters. The van der Waals surface area contributed by atoms with Crippen molar-refractivity contribution in [3.05, 3.63) is 51.9 Å². The van der Waals surface area contributed by atoms with Crippen molar-refractivity contribution in [1.29, 1.82) is 5.26 Å². The number of halogens is 2. The van der Waals surface area contributed by atoms with Gasteiger partial charge in [0.1, 0.15) is 17.4 Å². The highest BCUT2D eigenvalue weighted by Crippen LogP contribution is 2.33. The summed E-state index contributed by atoms with van der Waals surface area (Å²) in [6.45, 7) is 5.82. The monoisotopic (exact) mass is 468 g/mol. The molecule has 1 aromatic carbocycles. The zero-order valence-corrected chi connectivity index (χ0v) is 19.1. The van der Waals surface area contributed by atoms with Crippen LogP contribution < -0.4 is 10.2 Å². The van der Waals surface area contributed by atoms with Gasteiger partial charge in [0.25, 0.3) is 0 Å². The highest BCUT2D eigenvalue weighted by Gasteiger charge is 2.32. The molecule has 3 aromatic rings. The van der Waals surface area contributed by atoms with Crippen molar-refractivity contribution in [3.63, 3.8) is 0 Å². The fraction of sp³-hybridized carbons (Fsp3) is 0.348. The van der Waals surface area contributed by atoms with Crippen LogP contribution in [0.15, 0.2) is 24.3 Å². The lowest BCUT2D eigenvalue weighted by molar-refractivity contribution is 0.0691. The highest BCUT2D eigenvalue weighted by molar-refractivity contribution is 6.29. The molecule has 1 saturated heterocycles. The maximum Gasteiger partial charge on any atom is 0.356 e. The molecule has 33 heavy (non-hydrogen) atoms. The number of aromatic carboxylic acids is 1. The molecule has 0 saturated carbocycles. The molecule has 1 fully saturated rings. The molecule has 0 bridgehead atoms. The van der Waals surface area contributed by atoms with Crippen LogP contribution in [0.1, 0.15) is 53.6 Å². The van der Waals surface area contributed by atoms with Crippen molar-refractivity contribution in [2.24, 2.45) is 0 Å². The first-order valence-corrected chi connectivity index (χ1v) is 10.8. The number of hydrogen-bond donors (Lipinski definition) is 2. The first-order valence-electron chi connectivity index (χ1n) is 10.5. The smallest absolute Gasteiger partial charge is 0.356 e. The number of nitrogens with one attached hydrogen (secondary N) is 1. The van der Waals surface area contributed by atoms with Crippen LogP contribution in [-0.2, 0) is 0 Å². The topological polar surface area (TPSA) is 115 Å². The summed E-state index contributed by atoms with van der Waals surface area (Å²) in [5, 5.41) is 22.4. The van der Waals surface area contributed by atoms with Gasteiger partial charge in [0, 0.05) is 18.0 Å². The van der Waals surface area contributed by atoms with Crippen LogP contribution in [0.5, 0.6) is 0 Å². The van der Waals surface area contributed by atoms with E-state index < -0.39 is 12.1 Å². The Hall–Kier alpha value is -3.51. The van der Waals surface area contributed by atoms with Crippen molar-refractivity contribution in [2.75, 3.05) is 16.8 Å². The van der Waals surface area contributed by atoms with E-state index in [1.165, 1.54) is 6.07 Å². The Kier molecular flexibility index (Phi) is 6.04. The molecule has 170 valence electrons. The van der Waals surface area contributed by atoms with Gasteiger partial charge in [-0.1, -0.05) is 17.7 Å². The minimum absolute atomic E-state index is 0.0806. The van der Waals surface area contributed by atoms with Crippen molar-refractivity contribution in [3.8, 4) is 6.07 Å². The summed E-state index contributed by atoms with van der Waals surface area (Å²) in [5.74, 6) is -0.847. The number of nitrogens with zero attached hydrogens (tertiary/aromatic N) is 5. The third-order valence-electron chi connectivity index (χ3n) is 5.73. The number of pyridine rings is 1. The summed E-state index contributed by atoms with van der Waals surface area (Å²) in [4.78, 5) is 26.6. The van der Waals surface area contributed by atoms with Crippen LogP contribution in [0.3, 0.4) is 0 Å². The largest absolute Gasteiger partial charge is 0.476 e. The highest BCUT2D eigenvalue weighted by atomic mass is 35.5. The zero-order chi connectivity index (χ0) is 23.9. The number of benzene rings is 1. The number of aryl methyl sites for hydroxylation is 1. The van der Waals surface area contributed by atoms with Gasteiger partial charge >= 0.3 is 5.97 Å². The first-order chi connectivity index (χ1) is 15.7. The van der Waals surface area contributed by atoms with Crippen LogP contribution in [0.2, 0.25) is 5.15 Å². The molecule has 3 heterocycles. The Morgan fingerprint density at radius 2 is 2.12 bits per heavy atom. The van der Waals surface area contributed by atoms with Crippen LogP contribution >= 0.6 is 11.6 Å². The SMILES string of the molecule is Cc1cc([C@@H](C)Nc2ccc(Cl)nc2C(=O)O)c2nc(N3C[C@@H](F)C[C@@H]3C)c(C#N)nc2c1. The summed E-state index contributed by atoms with van der Waals surface area (Å²) in [6.07, 6.45) is -0.626. The standard InChI is InChI=1S/C23H22ClFN6O2/c1-11-6-15(13(3)27-16-4-5-19(24)29-21(16)23(32)33)20-17(7-11)28-18(9-26)22(30-20)31-10-14(25)8-12(31)2/h4-7,12-14,27H,8,10H2,1-3H3,(H,32,33)/t12-,13+,14-/m0/s1. The maximum absolute atomic E-state index is 14.0. The summed E-state index contributed by atoms with van der Waals surface area (Å²) in [5.41, 5.74) is 3.03. The number of carbonyl (C=O) groups is 1. The van der Waals surface area contributed by atoms with E-state index in [4.69, 9.17) is 16.6 Å². The van der Waals surface area contributed by atoms with Crippen molar-refractivity contribution in [1.82, 2.24) is 15.0 Å². The van der Waals surface area contributed by atoms with Gasteiger partial charge in [-0.15, -0.1) is 0 Å². The molecular formula is C23H22ClFN6O2. The molecule has 1 aliphatic rings. The number of nitriles is 1. The van der Waals surface area contributed by atoms with Crippen molar-refractivity contribution in [2.45, 2.75) is 45.4 Å². The number of alkyl halides is 1. The van der Waals surface area contributed by atoms with Gasteiger partial charge in [0.2, 0.25) is 0 Å². The van der Waals surface area contributed by atoms with Crippen LogP contribution in [0.25, 0.3) is 11.0 Å². The second-order valence-electron chi connectivity index (χ2n) is 8.27. The van der Waals surface area contributed by atoms with E-state index in [1.54, 1.807) is 11.0 Å². The van der Waals surface area contributed by atoms with E-state index in [1.807, 2.05) is 32.9 Å². The van der Waals surface area contributed by atoms with Crippen LogP contribution in [0.4, 0.5) is 15.9 Å². The number of carboxylic acids is 1. The fourth-order valence-corrected chi connectivity index (χ4v) is 4.36. The minimum atomic E-state index is -1.20. The zero-order valence-electron chi connectivity index (χ0n) is 18.3. The molecule has 0 radical (unpaired) electrons. The molecule has 2 N–H and O–H groups in total. The predicted molar refractivity (Wildman–Crippen MR) is 124 cm³/mol. The fourth-order valence-electron chi connectivity index (χ4n) is 4.22. The van der Waals surface area contributed by atoms with Crippen molar-refractivity contribution >= 4 is 40.1 Å². The Balaban J connectivity index is 1.82. The van der Waals surface area contributed by atoms with Crippen LogP contribution in [0, 0.1) is 18.3 Å². The molecule has 3 atom stereocenters. The third-order valence-corrected chi connectivity index (χ3v) is 5.94. The van der Waals surface area contributed by atoms with Gasteiger partial charge in [0.05, 0.1) is 29.3 Å². The number of hydrogen-bond acceptors (Lipinski definition) is 7. The Bertz CT molecular complexity index is 1290. The lowest BCUT2D eigenvalue weighted by Gasteiger charge is -2.24. The molecule has 2 aromatic heterocycles. The Morgan fingerprint density at radius 1 is 1.36 bits per heavy atom. The lowest BCUT2D eigenvalue weighted by atomic mass is 10.0. The van der Waals surface area contributed by atoms with Gasteiger partial charge in [0.15, 0.2) is 17.2 Å². The predicted octanol–water partition coefficient (Wildman–Crippen LogP) is 4.67. The van der Waals surface area contributed by atoms with E-state index >= 15 is 0 Å². The molecule has 0 aliphatic carbocycles. The van der Waals surface area contributed by atoms with Gasteiger partial charge < -0.3 is 15.3 Å².